The van der Waals surface area contributed by atoms with Crippen molar-refractivity contribution in [2.75, 3.05) is 0 Å². The normalized spacial score (nSPS) is 15.7. The second-order valence-corrected chi connectivity index (χ2v) is 13.7. The van der Waals surface area contributed by atoms with E-state index >= 15 is 0 Å². The summed E-state index contributed by atoms with van der Waals surface area (Å²) < 4.78 is 117. The molecule has 1 atom stereocenters. The van der Waals surface area contributed by atoms with Gasteiger partial charge in [0.2, 0.25) is 15.9 Å². The smallest absolute Gasteiger partial charge is 0.481 e. The average Bonchev–Trinajstić information content (AvgIpc) is 3.49. The summed E-state index contributed by atoms with van der Waals surface area (Å²) in [6.45, 7) is 4.03. The van der Waals surface area contributed by atoms with Gasteiger partial charge in [0.1, 0.15) is 11.8 Å². The fraction of sp³-hybridized carbons (Fsp3) is 0.538. The summed E-state index contributed by atoms with van der Waals surface area (Å²) in [5.41, 5.74) is -1.08. The lowest BCUT2D eigenvalue weighted by Gasteiger charge is -2.25. The summed E-state index contributed by atoms with van der Waals surface area (Å²) in [5.74, 6) is -1.98. The number of hydrogen-bond acceptors (Lipinski definition) is 9. The molecule has 1 aliphatic carbocycles. The average molecular weight is 671 g/mol. The number of hydrogen-bond donors (Lipinski definition) is 2. The molecule has 0 bridgehead atoms. The van der Waals surface area contributed by atoms with Crippen molar-refractivity contribution in [1.29, 1.82) is 0 Å². The fourth-order valence-electron chi connectivity index (χ4n) is 4.33. The molecule has 3 aromatic rings. The third-order valence-electron chi connectivity index (χ3n) is 7.06. The molecule has 2 heterocycles. The number of aromatic nitrogens is 3. The molecule has 18 heteroatoms. The molecule has 1 saturated carbocycles. The molecule has 1 fully saturated rings. The Morgan fingerprint density at radius 1 is 1.18 bits per heavy atom. The van der Waals surface area contributed by atoms with Crippen molar-refractivity contribution in [2.45, 2.75) is 82.8 Å². The molecule has 0 radical (unpaired) electrons. The second-order valence-electron chi connectivity index (χ2n) is 11.0. The Morgan fingerprint density at radius 2 is 1.86 bits per heavy atom. The van der Waals surface area contributed by atoms with Crippen LogP contribution < -0.4 is 9.46 Å². The molecule has 10 nitrogen and oxygen atoms in total. The molecule has 1 aromatic carbocycles. The highest BCUT2D eigenvalue weighted by atomic mass is 32.2. The summed E-state index contributed by atoms with van der Waals surface area (Å²) in [6.07, 6.45) is -7.93. The highest BCUT2D eigenvalue weighted by Gasteiger charge is 2.41. The second kappa shape index (κ2) is 12.3. The van der Waals surface area contributed by atoms with Crippen molar-refractivity contribution >= 4 is 27.3 Å². The summed E-state index contributed by atoms with van der Waals surface area (Å²) in [6, 6.07) is -0.0486. The number of rotatable bonds is 12. The van der Waals surface area contributed by atoms with Crippen LogP contribution >= 0.6 is 11.3 Å². The molecule has 4 rings (SSSR count). The Balaban J connectivity index is 1.78. The minimum Gasteiger partial charge on any atom is -0.481 e. The number of carboxylic acids is 1. The van der Waals surface area contributed by atoms with Crippen LogP contribution in [0.4, 0.5) is 26.3 Å². The number of nitrogens with zero attached hydrogens (tertiary/aromatic N) is 3. The van der Waals surface area contributed by atoms with E-state index in [0.29, 0.717) is 18.2 Å². The van der Waals surface area contributed by atoms with Gasteiger partial charge in [0.05, 0.1) is 20.9 Å². The summed E-state index contributed by atoms with van der Waals surface area (Å²) in [4.78, 5) is 15.3. The molecule has 0 saturated heterocycles. The van der Waals surface area contributed by atoms with Gasteiger partial charge in [0, 0.05) is 18.1 Å². The van der Waals surface area contributed by atoms with E-state index in [0.717, 1.165) is 49.7 Å². The van der Waals surface area contributed by atoms with Crippen molar-refractivity contribution in [2.24, 2.45) is 11.3 Å². The number of thiazole rings is 1. The van der Waals surface area contributed by atoms with E-state index in [-0.39, 0.29) is 39.6 Å². The van der Waals surface area contributed by atoms with Crippen LogP contribution in [0, 0.1) is 11.3 Å². The highest BCUT2D eigenvalue weighted by molar-refractivity contribution is 7.89. The van der Waals surface area contributed by atoms with Gasteiger partial charge in [0.15, 0.2) is 5.01 Å². The van der Waals surface area contributed by atoms with Gasteiger partial charge in [-0.05, 0) is 44.7 Å². The maximum atomic E-state index is 13.5. The molecule has 2 N–H and O–H groups in total. The standard InChI is InChI=1S/C26H28F6N4O6S2/c1-4-18(25(27,28)29)36-44(39,40)14-8-9-15(17(11-14)42-26(30,31)32)20-16(10-13-6-5-7-13)33-22(43-20)21-35-34-19(41-21)12-24(2,3)23(37)38/h8-9,11,13,18,36H,4-7,10,12H2,1-3H3,(H,37,38)/t18-/m0/s1. The number of benzene rings is 1. The Kier molecular flexibility index (Phi) is 9.38. The monoisotopic (exact) mass is 670 g/mol. The summed E-state index contributed by atoms with van der Waals surface area (Å²) in [5, 5.41) is 17.3. The number of aliphatic carboxylic acids is 1. The Labute approximate surface area is 251 Å². The quantitative estimate of drug-likeness (QED) is 0.210. The third kappa shape index (κ3) is 7.87. The van der Waals surface area contributed by atoms with Gasteiger partial charge in [0.25, 0.3) is 5.89 Å². The van der Waals surface area contributed by atoms with Crippen molar-refractivity contribution < 1.29 is 53.8 Å². The maximum Gasteiger partial charge on any atom is 0.573 e. The van der Waals surface area contributed by atoms with Crippen molar-refractivity contribution in [3.05, 3.63) is 29.8 Å². The summed E-state index contributed by atoms with van der Waals surface area (Å²) >= 11 is 0.866. The van der Waals surface area contributed by atoms with Crippen LogP contribution in [0.3, 0.4) is 0 Å². The van der Waals surface area contributed by atoms with Crippen molar-refractivity contribution in [3.8, 4) is 27.1 Å². The molecule has 2 aromatic heterocycles. The van der Waals surface area contributed by atoms with Gasteiger partial charge < -0.3 is 14.3 Å². The van der Waals surface area contributed by atoms with Crippen LogP contribution in [0.1, 0.15) is 58.0 Å². The highest BCUT2D eigenvalue weighted by Crippen LogP contribution is 2.44. The molecule has 0 unspecified atom stereocenters. The van der Waals surface area contributed by atoms with E-state index in [9.17, 15) is 44.7 Å². The zero-order valence-corrected chi connectivity index (χ0v) is 25.2. The maximum absolute atomic E-state index is 13.5. The van der Waals surface area contributed by atoms with E-state index in [4.69, 9.17) is 4.42 Å². The number of carboxylic acid groups (broad SMARTS) is 1. The first kappa shape index (κ1) is 33.6. The zero-order valence-electron chi connectivity index (χ0n) is 23.5. The van der Waals surface area contributed by atoms with Crippen LogP contribution in [0.5, 0.6) is 5.75 Å². The molecular weight excluding hydrogens is 642 g/mol. The Morgan fingerprint density at radius 3 is 2.41 bits per heavy atom. The van der Waals surface area contributed by atoms with E-state index < -0.39 is 57.1 Å². The number of nitrogens with one attached hydrogen (secondary N) is 1. The van der Waals surface area contributed by atoms with E-state index in [1.54, 1.807) is 0 Å². The van der Waals surface area contributed by atoms with E-state index in [1.807, 2.05) is 0 Å². The van der Waals surface area contributed by atoms with E-state index in [1.165, 1.54) is 18.6 Å². The van der Waals surface area contributed by atoms with Gasteiger partial charge >= 0.3 is 18.5 Å². The minimum atomic E-state index is -5.28. The van der Waals surface area contributed by atoms with Gasteiger partial charge in [-0.15, -0.1) is 34.7 Å². The summed E-state index contributed by atoms with van der Waals surface area (Å²) in [7, 11) is -4.92. The number of alkyl halides is 6. The van der Waals surface area contributed by atoms with Crippen LogP contribution in [-0.4, -0.2) is 53.3 Å². The minimum absolute atomic E-state index is 0.00270. The first-order valence-corrected chi connectivity index (χ1v) is 15.6. The SMILES string of the molecule is CC[C@H](NS(=O)(=O)c1ccc(-c2sc(-c3nnc(CC(C)(C)C(=O)O)o3)nc2CC2CCC2)c(OC(F)(F)F)c1)C(F)(F)F. The van der Waals surface area contributed by atoms with Gasteiger partial charge in [-0.3, -0.25) is 4.79 Å². The third-order valence-corrected chi connectivity index (χ3v) is 9.65. The Bertz CT molecular complexity index is 1610. The van der Waals surface area contributed by atoms with Crippen LogP contribution in [0.15, 0.2) is 27.5 Å². The lowest BCUT2D eigenvalue weighted by molar-refractivity contribution is -0.274. The number of halogens is 6. The molecule has 0 aliphatic heterocycles. The van der Waals surface area contributed by atoms with Crippen LogP contribution in [0.25, 0.3) is 21.3 Å². The first-order chi connectivity index (χ1) is 20.3. The molecule has 44 heavy (non-hydrogen) atoms. The number of carbonyl (C=O) groups is 1. The van der Waals surface area contributed by atoms with E-state index in [2.05, 4.69) is 19.9 Å². The van der Waals surface area contributed by atoms with Crippen LogP contribution in [-0.2, 0) is 27.7 Å². The predicted molar refractivity (Wildman–Crippen MR) is 144 cm³/mol. The lowest BCUT2D eigenvalue weighted by atomic mass is 9.82. The number of sulfonamides is 1. The predicted octanol–water partition coefficient (Wildman–Crippen LogP) is 6.37. The molecule has 242 valence electrons. The van der Waals surface area contributed by atoms with Gasteiger partial charge in [-0.2, -0.15) is 17.9 Å². The van der Waals surface area contributed by atoms with Gasteiger partial charge in [-0.1, -0.05) is 26.2 Å². The van der Waals surface area contributed by atoms with Crippen LogP contribution in [0.2, 0.25) is 0 Å². The lowest BCUT2D eigenvalue weighted by Crippen LogP contribution is -2.44. The zero-order chi connectivity index (χ0) is 32.7. The molecule has 0 amide bonds. The number of ether oxygens (including phenoxy) is 1. The largest absolute Gasteiger partial charge is 0.573 e. The molecule has 0 spiro atoms. The fourth-order valence-corrected chi connectivity index (χ4v) is 6.70. The topological polar surface area (TPSA) is 145 Å². The van der Waals surface area contributed by atoms with Crippen molar-refractivity contribution in [1.82, 2.24) is 19.9 Å². The Hall–Kier alpha value is -3.25. The van der Waals surface area contributed by atoms with Crippen molar-refractivity contribution in [3.63, 3.8) is 0 Å². The molecule has 1 aliphatic rings. The van der Waals surface area contributed by atoms with Gasteiger partial charge in [-0.25, -0.2) is 13.4 Å². The first-order valence-electron chi connectivity index (χ1n) is 13.3. The molecular formula is C26H28F6N4O6S2.